The Morgan fingerprint density at radius 2 is 1.96 bits per heavy atom. The number of urea groups is 1. The zero-order chi connectivity index (χ0) is 18.5. The van der Waals surface area contributed by atoms with Crippen LogP contribution in [0.1, 0.15) is 39.7 Å². The molecule has 2 aromatic rings. The first-order valence-electron chi connectivity index (χ1n) is 9.29. The van der Waals surface area contributed by atoms with Crippen molar-refractivity contribution in [3.8, 4) is 11.4 Å². The predicted molar refractivity (Wildman–Crippen MR) is 101 cm³/mol. The third-order valence-electron chi connectivity index (χ3n) is 4.78. The molecule has 2 N–H and O–H groups in total. The smallest absolute Gasteiger partial charge is 0.319 e. The Hall–Kier alpha value is -2.48. The molecule has 8 heteroatoms. The predicted octanol–water partition coefficient (Wildman–Crippen LogP) is 2.53. The fraction of sp³-hybridized carbons (Fsp3) is 0.556. The van der Waals surface area contributed by atoms with Gasteiger partial charge in [0.05, 0.1) is 6.04 Å². The van der Waals surface area contributed by atoms with E-state index in [4.69, 9.17) is 0 Å². The molecule has 1 aromatic heterocycles. The maximum atomic E-state index is 12.1. The molecule has 1 aliphatic carbocycles. The molecule has 0 bridgehead atoms. The minimum absolute atomic E-state index is 0.195. The van der Waals surface area contributed by atoms with Crippen molar-refractivity contribution in [2.45, 2.75) is 45.7 Å². The fourth-order valence-corrected chi connectivity index (χ4v) is 3.04. The number of benzene rings is 1. The summed E-state index contributed by atoms with van der Waals surface area (Å²) in [6, 6.07) is 8.14. The van der Waals surface area contributed by atoms with E-state index in [0.717, 1.165) is 43.0 Å². The Kier molecular flexibility index (Phi) is 5.82. The molecule has 26 heavy (non-hydrogen) atoms. The van der Waals surface area contributed by atoms with Gasteiger partial charge in [0.25, 0.3) is 0 Å². The van der Waals surface area contributed by atoms with E-state index in [1.54, 1.807) is 0 Å². The minimum Gasteiger partial charge on any atom is -0.336 e. The monoisotopic (exact) mass is 357 g/mol. The molecule has 2 amide bonds. The van der Waals surface area contributed by atoms with Crippen LogP contribution in [-0.4, -0.2) is 56.8 Å². The van der Waals surface area contributed by atoms with Gasteiger partial charge in [-0.2, -0.15) is 0 Å². The number of amides is 2. The lowest BCUT2D eigenvalue weighted by Crippen LogP contribution is -2.43. The van der Waals surface area contributed by atoms with Gasteiger partial charge in [-0.05, 0) is 67.5 Å². The standard InChI is InChI=1S/C18H27N7O/c1-4-24(5-2)13(3)12-19-18(26)20-15-8-6-14(7-9-15)17-21-22-23-25(17)16-10-11-16/h6-9,13,16H,4-5,10-12H2,1-3H3,(H2,19,20,26). The van der Waals surface area contributed by atoms with Gasteiger partial charge >= 0.3 is 6.03 Å². The number of hydrogen-bond donors (Lipinski definition) is 2. The molecular weight excluding hydrogens is 330 g/mol. The second kappa shape index (κ2) is 8.27. The van der Waals surface area contributed by atoms with Gasteiger partial charge in [0.15, 0.2) is 5.82 Å². The van der Waals surface area contributed by atoms with Gasteiger partial charge in [-0.25, -0.2) is 9.48 Å². The Morgan fingerprint density at radius 1 is 1.27 bits per heavy atom. The number of carbonyl (C=O) groups is 1. The van der Waals surface area contributed by atoms with Crippen LogP contribution in [0.3, 0.4) is 0 Å². The lowest BCUT2D eigenvalue weighted by molar-refractivity contribution is 0.220. The quantitative estimate of drug-likeness (QED) is 0.758. The largest absolute Gasteiger partial charge is 0.336 e. The average Bonchev–Trinajstić information content (AvgIpc) is 3.38. The van der Waals surface area contributed by atoms with E-state index < -0.39 is 0 Å². The van der Waals surface area contributed by atoms with Gasteiger partial charge in [0, 0.05) is 23.8 Å². The van der Waals surface area contributed by atoms with Gasteiger partial charge in [-0.1, -0.05) is 13.8 Å². The number of tetrazole rings is 1. The van der Waals surface area contributed by atoms with Gasteiger partial charge < -0.3 is 10.6 Å². The highest BCUT2D eigenvalue weighted by Crippen LogP contribution is 2.36. The van der Waals surface area contributed by atoms with Crippen molar-refractivity contribution < 1.29 is 4.79 Å². The summed E-state index contributed by atoms with van der Waals surface area (Å²) in [5.74, 6) is 0.775. The molecule has 3 rings (SSSR count). The summed E-state index contributed by atoms with van der Waals surface area (Å²) in [6.45, 7) is 8.93. The molecular formula is C18H27N7O. The minimum atomic E-state index is -0.195. The van der Waals surface area contributed by atoms with Crippen LogP contribution in [0.5, 0.6) is 0 Å². The van der Waals surface area contributed by atoms with Crippen molar-refractivity contribution in [2.24, 2.45) is 0 Å². The third-order valence-corrected chi connectivity index (χ3v) is 4.78. The first-order chi connectivity index (χ1) is 12.6. The van der Waals surface area contributed by atoms with Crippen molar-refractivity contribution in [2.75, 3.05) is 25.0 Å². The second-order valence-electron chi connectivity index (χ2n) is 6.66. The molecule has 1 heterocycles. The number of nitrogens with one attached hydrogen (secondary N) is 2. The van der Waals surface area contributed by atoms with Crippen molar-refractivity contribution in [1.29, 1.82) is 0 Å². The number of anilines is 1. The lowest BCUT2D eigenvalue weighted by atomic mass is 10.2. The van der Waals surface area contributed by atoms with Crippen LogP contribution >= 0.6 is 0 Å². The molecule has 8 nitrogen and oxygen atoms in total. The first-order valence-corrected chi connectivity index (χ1v) is 9.29. The van der Waals surface area contributed by atoms with Crippen LogP contribution in [0.4, 0.5) is 10.5 Å². The van der Waals surface area contributed by atoms with E-state index in [9.17, 15) is 4.79 Å². The van der Waals surface area contributed by atoms with E-state index in [0.29, 0.717) is 18.6 Å². The van der Waals surface area contributed by atoms with Crippen molar-refractivity contribution in [3.63, 3.8) is 0 Å². The summed E-state index contributed by atoms with van der Waals surface area (Å²) < 4.78 is 1.88. The van der Waals surface area contributed by atoms with Crippen LogP contribution in [0.25, 0.3) is 11.4 Å². The number of likely N-dealkylation sites (N-methyl/N-ethyl adjacent to an activating group) is 1. The first kappa shape index (κ1) is 18.3. The lowest BCUT2D eigenvalue weighted by Gasteiger charge is -2.26. The summed E-state index contributed by atoms with van der Waals surface area (Å²) in [4.78, 5) is 14.4. The summed E-state index contributed by atoms with van der Waals surface area (Å²) in [5, 5.41) is 17.8. The zero-order valence-electron chi connectivity index (χ0n) is 15.6. The molecule has 0 aliphatic heterocycles. The van der Waals surface area contributed by atoms with E-state index in [-0.39, 0.29) is 6.03 Å². The molecule has 1 atom stereocenters. The van der Waals surface area contributed by atoms with Gasteiger partial charge in [0.1, 0.15) is 0 Å². The van der Waals surface area contributed by atoms with Crippen LogP contribution in [0.2, 0.25) is 0 Å². The van der Waals surface area contributed by atoms with Crippen LogP contribution in [0, 0.1) is 0 Å². The average molecular weight is 357 g/mol. The highest BCUT2D eigenvalue weighted by atomic mass is 16.2. The number of hydrogen-bond acceptors (Lipinski definition) is 5. The number of aromatic nitrogens is 4. The van der Waals surface area contributed by atoms with Crippen molar-refractivity contribution in [3.05, 3.63) is 24.3 Å². The molecule has 1 fully saturated rings. The second-order valence-corrected chi connectivity index (χ2v) is 6.66. The van der Waals surface area contributed by atoms with Crippen LogP contribution < -0.4 is 10.6 Å². The molecule has 1 aromatic carbocycles. The summed E-state index contributed by atoms with van der Waals surface area (Å²) in [7, 11) is 0. The number of rotatable bonds is 8. The van der Waals surface area contributed by atoms with Crippen LogP contribution in [0.15, 0.2) is 24.3 Å². The zero-order valence-corrected chi connectivity index (χ0v) is 15.6. The highest BCUT2D eigenvalue weighted by molar-refractivity contribution is 5.89. The highest BCUT2D eigenvalue weighted by Gasteiger charge is 2.28. The summed E-state index contributed by atoms with van der Waals surface area (Å²) in [5.41, 5.74) is 1.69. The fourth-order valence-electron chi connectivity index (χ4n) is 3.04. The molecule has 0 spiro atoms. The normalized spacial score (nSPS) is 15.1. The molecule has 0 radical (unpaired) electrons. The van der Waals surface area contributed by atoms with E-state index in [1.807, 2.05) is 28.9 Å². The molecule has 0 saturated heterocycles. The topological polar surface area (TPSA) is 88.0 Å². The van der Waals surface area contributed by atoms with Gasteiger partial charge in [-0.3, -0.25) is 4.90 Å². The number of nitrogens with zero attached hydrogens (tertiary/aromatic N) is 5. The maximum Gasteiger partial charge on any atom is 0.319 e. The van der Waals surface area contributed by atoms with E-state index in [1.165, 1.54) is 0 Å². The Bertz CT molecular complexity index is 719. The van der Waals surface area contributed by atoms with Crippen LogP contribution in [-0.2, 0) is 0 Å². The van der Waals surface area contributed by atoms with Crippen molar-refractivity contribution in [1.82, 2.24) is 30.4 Å². The Balaban J connectivity index is 1.54. The van der Waals surface area contributed by atoms with E-state index >= 15 is 0 Å². The maximum absolute atomic E-state index is 12.1. The molecule has 140 valence electrons. The van der Waals surface area contributed by atoms with Crippen molar-refractivity contribution >= 4 is 11.7 Å². The summed E-state index contributed by atoms with van der Waals surface area (Å²) in [6.07, 6.45) is 2.26. The SMILES string of the molecule is CCN(CC)C(C)CNC(=O)Nc1ccc(-c2nnnn2C2CC2)cc1. The third kappa shape index (κ3) is 4.37. The Labute approximate surface area is 154 Å². The number of carbonyl (C=O) groups excluding carboxylic acids is 1. The molecule has 1 aliphatic rings. The molecule has 1 unspecified atom stereocenters. The van der Waals surface area contributed by atoms with E-state index in [2.05, 4.69) is 51.8 Å². The molecule has 1 saturated carbocycles. The van der Waals surface area contributed by atoms with Gasteiger partial charge in [-0.15, -0.1) is 5.10 Å². The Morgan fingerprint density at radius 3 is 2.58 bits per heavy atom. The van der Waals surface area contributed by atoms with Gasteiger partial charge in [0.2, 0.25) is 0 Å². The summed E-state index contributed by atoms with van der Waals surface area (Å²) >= 11 is 0.